The number of nitrogen functional groups attached to an aromatic ring is 1. The number of aliphatic hydroxyl groups is 1. The average Bonchev–Trinajstić information content (AvgIpc) is 3.01. The highest BCUT2D eigenvalue weighted by atomic mass is 16.5. The molecule has 0 amide bonds. The molecule has 3 N–H and O–H groups in total. The van der Waals surface area contributed by atoms with E-state index in [4.69, 9.17) is 16.9 Å². The number of terminal acetylenes is 1. The minimum Gasteiger partial charge on any atom is -0.392 e. The van der Waals surface area contributed by atoms with Crippen molar-refractivity contribution < 1.29 is 9.84 Å². The van der Waals surface area contributed by atoms with Gasteiger partial charge < -0.3 is 15.6 Å². The molecule has 0 spiro atoms. The number of hydrogen-bond donors (Lipinski definition) is 2. The van der Waals surface area contributed by atoms with E-state index in [1.54, 1.807) is 6.20 Å². The second kappa shape index (κ2) is 4.44. The molecule has 20 heavy (non-hydrogen) atoms. The SMILES string of the molecule is C#C[C@]1(CO)O[C@@H](c2cnn3c(N)ncnc23)C[C@@H]1C. The molecule has 7 nitrogen and oxygen atoms in total. The van der Waals surface area contributed by atoms with Crippen molar-refractivity contribution in [3.8, 4) is 12.3 Å². The summed E-state index contributed by atoms with van der Waals surface area (Å²) in [4.78, 5) is 8.06. The second-order valence-electron chi connectivity index (χ2n) is 5.00. The van der Waals surface area contributed by atoms with Crippen LogP contribution in [-0.4, -0.2) is 36.9 Å². The van der Waals surface area contributed by atoms with Gasteiger partial charge in [-0.2, -0.15) is 9.61 Å². The highest BCUT2D eigenvalue weighted by molar-refractivity contribution is 5.50. The Morgan fingerprint density at radius 1 is 1.65 bits per heavy atom. The van der Waals surface area contributed by atoms with Gasteiger partial charge in [-0.3, -0.25) is 0 Å². The minimum atomic E-state index is -0.947. The van der Waals surface area contributed by atoms with Crippen LogP contribution in [0.3, 0.4) is 0 Å². The van der Waals surface area contributed by atoms with Gasteiger partial charge in [-0.05, 0) is 6.42 Å². The lowest BCUT2D eigenvalue weighted by Crippen LogP contribution is -2.36. The van der Waals surface area contributed by atoms with Gasteiger partial charge in [-0.15, -0.1) is 6.42 Å². The van der Waals surface area contributed by atoms with Crippen molar-refractivity contribution in [2.45, 2.75) is 25.0 Å². The number of ether oxygens (including phenoxy) is 1. The van der Waals surface area contributed by atoms with Gasteiger partial charge in [0.1, 0.15) is 6.33 Å². The first-order valence-electron chi connectivity index (χ1n) is 6.32. The van der Waals surface area contributed by atoms with Crippen LogP contribution in [0.5, 0.6) is 0 Å². The predicted octanol–water partition coefficient (Wildman–Crippen LogP) is 0.168. The summed E-state index contributed by atoms with van der Waals surface area (Å²) in [5.41, 5.74) is 6.19. The maximum absolute atomic E-state index is 9.53. The highest BCUT2D eigenvalue weighted by Crippen LogP contribution is 2.43. The maximum atomic E-state index is 9.53. The lowest BCUT2D eigenvalue weighted by atomic mass is 9.89. The van der Waals surface area contributed by atoms with Gasteiger partial charge in [-0.25, -0.2) is 9.97 Å². The monoisotopic (exact) mass is 273 g/mol. The molecule has 0 aliphatic carbocycles. The van der Waals surface area contributed by atoms with Gasteiger partial charge in [0.05, 0.1) is 18.9 Å². The number of nitrogens with two attached hydrogens (primary N) is 1. The molecule has 0 unspecified atom stereocenters. The minimum absolute atomic E-state index is 0.0386. The van der Waals surface area contributed by atoms with Gasteiger partial charge >= 0.3 is 0 Å². The normalized spacial score (nSPS) is 29.6. The fourth-order valence-electron chi connectivity index (χ4n) is 2.61. The van der Waals surface area contributed by atoms with Gasteiger partial charge in [-0.1, -0.05) is 12.8 Å². The number of rotatable bonds is 2. The highest BCUT2D eigenvalue weighted by Gasteiger charge is 2.46. The van der Waals surface area contributed by atoms with Crippen LogP contribution in [-0.2, 0) is 4.74 Å². The van der Waals surface area contributed by atoms with Crippen molar-refractivity contribution in [1.82, 2.24) is 19.6 Å². The molecule has 1 fully saturated rings. The molecule has 2 aromatic rings. The van der Waals surface area contributed by atoms with E-state index < -0.39 is 5.60 Å². The van der Waals surface area contributed by atoms with Crippen LogP contribution in [0.2, 0.25) is 0 Å². The topological polar surface area (TPSA) is 98.6 Å². The molecule has 3 atom stereocenters. The van der Waals surface area contributed by atoms with Crippen LogP contribution in [0.25, 0.3) is 5.65 Å². The van der Waals surface area contributed by atoms with Crippen molar-refractivity contribution in [2.75, 3.05) is 12.3 Å². The lowest BCUT2D eigenvalue weighted by Gasteiger charge is -2.24. The lowest BCUT2D eigenvalue weighted by molar-refractivity contribution is -0.0480. The molecule has 104 valence electrons. The Balaban J connectivity index is 2.02. The Bertz CT molecular complexity index is 692. The van der Waals surface area contributed by atoms with Crippen molar-refractivity contribution in [3.05, 3.63) is 18.1 Å². The second-order valence-corrected chi connectivity index (χ2v) is 5.00. The summed E-state index contributed by atoms with van der Waals surface area (Å²) in [5, 5.41) is 13.7. The van der Waals surface area contributed by atoms with Gasteiger partial charge in [0.25, 0.3) is 0 Å². The third-order valence-corrected chi connectivity index (χ3v) is 3.90. The summed E-state index contributed by atoms with van der Waals surface area (Å²) in [6.45, 7) is 1.75. The fraction of sp³-hybridized carbons (Fsp3) is 0.462. The van der Waals surface area contributed by atoms with E-state index in [-0.39, 0.29) is 24.6 Å². The van der Waals surface area contributed by atoms with Crippen LogP contribution in [0.15, 0.2) is 12.5 Å². The number of hydrogen-bond acceptors (Lipinski definition) is 6. The van der Waals surface area contributed by atoms with E-state index in [9.17, 15) is 5.11 Å². The Kier molecular flexibility index (Phi) is 2.85. The molecule has 1 saturated heterocycles. The molecule has 0 saturated carbocycles. The van der Waals surface area contributed by atoms with Crippen molar-refractivity contribution >= 4 is 11.6 Å². The molecular formula is C13H15N5O2. The zero-order chi connectivity index (χ0) is 14.3. The number of aliphatic hydroxyl groups excluding tert-OH is 1. The Morgan fingerprint density at radius 2 is 2.45 bits per heavy atom. The zero-order valence-electron chi connectivity index (χ0n) is 11.0. The first-order valence-corrected chi connectivity index (χ1v) is 6.32. The third-order valence-electron chi connectivity index (χ3n) is 3.90. The van der Waals surface area contributed by atoms with Crippen LogP contribution >= 0.6 is 0 Å². The predicted molar refractivity (Wildman–Crippen MR) is 71.5 cm³/mol. The number of nitrogens with zero attached hydrogens (tertiary/aromatic N) is 4. The molecule has 3 heterocycles. The molecule has 7 heteroatoms. The Hall–Kier alpha value is -2.17. The van der Waals surface area contributed by atoms with E-state index in [1.807, 2.05) is 6.92 Å². The molecule has 2 aromatic heterocycles. The summed E-state index contributed by atoms with van der Waals surface area (Å²) in [7, 11) is 0. The molecule has 1 aliphatic heterocycles. The number of aromatic nitrogens is 4. The summed E-state index contributed by atoms with van der Waals surface area (Å²) in [5.74, 6) is 2.87. The quantitative estimate of drug-likeness (QED) is 0.757. The molecular weight excluding hydrogens is 258 g/mol. The summed E-state index contributed by atoms with van der Waals surface area (Å²) in [6, 6.07) is 0. The van der Waals surface area contributed by atoms with E-state index >= 15 is 0 Å². The van der Waals surface area contributed by atoms with Crippen LogP contribution in [0.4, 0.5) is 5.95 Å². The summed E-state index contributed by atoms with van der Waals surface area (Å²) in [6.07, 6.45) is 8.99. The van der Waals surface area contributed by atoms with Gasteiger partial charge in [0.2, 0.25) is 5.95 Å². The van der Waals surface area contributed by atoms with Crippen LogP contribution in [0, 0.1) is 18.3 Å². The molecule has 1 aliphatic rings. The number of fused-ring (bicyclic) bond motifs is 1. The standard InChI is InChI=1S/C13H15N5O2/c1-3-13(6-19)8(2)4-10(20-13)9-5-17-18-11(9)15-7-16-12(18)14/h1,5,7-8,10,19H,4,6H2,2H3,(H2,14,15,16)/t8-,10+,13+/m0/s1. The van der Waals surface area contributed by atoms with Gasteiger partial charge in [0, 0.05) is 11.5 Å². The van der Waals surface area contributed by atoms with E-state index in [0.717, 1.165) is 5.56 Å². The third kappa shape index (κ3) is 1.66. The van der Waals surface area contributed by atoms with Crippen LogP contribution in [0.1, 0.15) is 25.0 Å². The zero-order valence-corrected chi connectivity index (χ0v) is 11.0. The number of anilines is 1. The summed E-state index contributed by atoms with van der Waals surface area (Å²) >= 11 is 0. The molecule has 0 bridgehead atoms. The molecule has 3 rings (SSSR count). The van der Waals surface area contributed by atoms with Crippen molar-refractivity contribution in [1.29, 1.82) is 0 Å². The van der Waals surface area contributed by atoms with E-state index in [0.29, 0.717) is 12.1 Å². The van der Waals surface area contributed by atoms with E-state index in [2.05, 4.69) is 21.0 Å². The first-order chi connectivity index (χ1) is 9.61. The Labute approximate surface area is 115 Å². The Morgan fingerprint density at radius 3 is 3.10 bits per heavy atom. The van der Waals surface area contributed by atoms with Gasteiger partial charge in [0.15, 0.2) is 11.2 Å². The van der Waals surface area contributed by atoms with Crippen molar-refractivity contribution in [2.24, 2.45) is 5.92 Å². The summed E-state index contributed by atoms with van der Waals surface area (Å²) < 4.78 is 7.37. The smallest absolute Gasteiger partial charge is 0.224 e. The largest absolute Gasteiger partial charge is 0.392 e. The maximum Gasteiger partial charge on any atom is 0.224 e. The fourth-order valence-corrected chi connectivity index (χ4v) is 2.61. The van der Waals surface area contributed by atoms with E-state index in [1.165, 1.54) is 10.8 Å². The van der Waals surface area contributed by atoms with Crippen molar-refractivity contribution in [3.63, 3.8) is 0 Å². The first kappa shape index (κ1) is 12.8. The molecule has 0 radical (unpaired) electrons. The average molecular weight is 273 g/mol. The molecule has 0 aromatic carbocycles. The van der Waals surface area contributed by atoms with Crippen LogP contribution < -0.4 is 5.73 Å².